The third-order valence-electron chi connectivity index (χ3n) is 3.28. The van der Waals surface area contributed by atoms with E-state index in [1.54, 1.807) is 13.0 Å². The number of carbonyl (C=O) groups is 1. The topological polar surface area (TPSA) is 84.4 Å². The number of carbonyl (C=O) groups excluding carboxylic acids is 1. The molecule has 3 N–H and O–H groups in total. The Morgan fingerprint density at radius 1 is 1.61 bits per heavy atom. The molecule has 1 aliphatic rings. The van der Waals surface area contributed by atoms with E-state index in [9.17, 15) is 4.79 Å². The van der Waals surface area contributed by atoms with Crippen LogP contribution in [0.4, 0.5) is 5.82 Å². The second-order valence-electron chi connectivity index (χ2n) is 4.72. The first-order valence-corrected chi connectivity index (χ1v) is 6.35. The fraction of sp³-hybridized carbons (Fsp3) is 0.667. The van der Waals surface area contributed by atoms with Crippen LogP contribution in [-0.2, 0) is 4.79 Å². The summed E-state index contributed by atoms with van der Waals surface area (Å²) in [6, 6.07) is 1.72. The van der Waals surface area contributed by atoms with Crippen molar-refractivity contribution in [2.75, 3.05) is 31.5 Å². The number of aryl methyl sites for hydroxylation is 1. The number of piperidine rings is 1. The Bertz CT molecular complexity index is 397. The molecule has 100 valence electrons. The fourth-order valence-electron chi connectivity index (χ4n) is 2.25. The summed E-state index contributed by atoms with van der Waals surface area (Å²) in [6.45, 7) is 5.26. The highest BCUT2D eigenvalue weighted by atomic mass is 16.5. The van der Waals surface area contributed by atoms with Gasteiger partial charge in [0.2, 0.25) is 5.91 Å². The molecule has 0 unspecified atom stereocenters. The van der Waals surface area contributed by atoms with Crippen LogP contribution >= 0.6 is 0 Å². The van der Waals surface area contributed by atoms with Crippen molar-refractivity contribution < 1.29 is 9.32 Å². The van der Waals surface area contributed by atoms with Crippen LogP contribution in [0.25, 0.3) is 0 Å². The van der Waals surface area contributed by atoms with E-state index in [1.807, 2.05) is 0 Å². The van der Waals surface area contributed by atoms with Crippen molar-refractivity contribution in [3.05, 3.63) is 11.8 Å². The normalized spacial score (nSPS) is 17.9. The molecule has 2 heterocycles. The number of hydrogen-bond donors (Lipinski definition) is 2. The molecule has 1 fully saturated rings. The van der Waals surface area contributed by atoms with Gasteiger partial charge in [-0.3, -0.25) is 4.79 Å². The number of anilines is 1. The van der Waals surface area contributed by atoms with Crippen molar-refractivity contribution in [3.8, 4) is 0 Å². The van der Waals surface area contributed by atoms with Gasteiger partial charge in [0.25, 0.3) is 0 Å². The second kappa shape index (κ2) is 5.97. The van der Waals surface area contributed by atoms with Gasteiger partial charge in [0, 0.05) is 25.1 Å². The van der Waals surface area contributed by atoms with Gasteiger partial charge in [-0.2, -0.15) is 0 Å². The number of nitrogens with zero attached hydrogens (tertiary/aromatic N) is 2. The van der Waals surface area contributed by atoms with E-state index >= 15 is 0 Å². The van der Waals surface area contributed by atoms with Gasteiger partial charge in [0.05, 0.1) is 0 Å². The van der Waals surface area contributed by atoms with Gasteiger partial charge in [0.1, 0.15) is 5.76 Å². The fourth-order valence-corrected chi connectivity index (χ4v) is 2.25. The Morgan fingerprint density at radius 2 is 2.33 bits per heavy atom. The SMILES string of the molecule is Cc1cc(NC(=O)C2CCN(CCN)CC2)no1. The molecule has 1 aromatic heterocycles. The molecule has 0 saturated carbocycles. The van der Waals surface area contributed by atoms with Crippen LogP contribution < -0.4 is 11.1 Å². The maximum absolute atomic E-state index is 12.0. The number of amides is 1. The van der Waals surface area contributed by atoms with Gasteiger partial charge < -0.3 is 20.5 Å². The summed E-state index contributed by atoms with van der Waals surface area (Å²) in [5, 5.41) is 6.55. The van der Waals surface area contributed by atoms with Crippen LogP contribution in [0.15, 0.2) is 10.6 Å². The van der Waals surface area contributed by atoms with E-state index in [2.05, 4.69) is 15.4 Å². The second-order valence-corrected chi connectivity index (χ2v) is 4.72. The van der Waals surface area contributed by atoms with Gasteiger partial charge in [0.15, 0.2) is 5.82 Å². The highest BCUT2D eigenvalue weighted by Gasteiger charge is 2.25. The Labute approximate surface area is 106 Å². The number of nitrogens with two attached hydrogens (primary N) is 1. The first-order valence-electron chi connectivity index (χ1n) is 6.35. The zero-order valence-electron chi connectivity index (χ0n) is 10.7. The minimum Gasteiger partial charge on any atom is -0.360 e. The van der Waals surface area contributed by atoms with E-state index in [-0.39, 0.29) is 11.8 Å². The highest BCUT2D eigenvalue weighted by molar-refractivity contribution is 5.91. The van der Waals surface area contributed by atoms with Crippen molar-refractivity contribution in [1.29, 1.82) is 0 Å². The van der Waals surface area contributed by atoms with Crippen molar-refractivity contribution in [1.82, 2.24) is 10.1 Å². The Morgan fingerprint density at radius 3 is 2.89 bits per heavy atom. The summed E-state index contributed by atoms with van der Waals surface area (Å²) in [7, 11) is 0. The molecule has 0 aliphatic carbocycles. The van der Waals surface area contributed by atoms with Crippen molar-refractivity contribution in [3.63, 3.8) is 0 Å². The molecule has 18 heavy (non-hydrogen) atoms. The Balaban J connectivity index is 1.80. The van der Waals surface area contributed by atoms with E-state index in [1.165, 1.54) is 0 Å². The molecule has 6 nitrogen and oxygen atoms in total. The summed E-state index contributed by atoms with van der Waals surface area (Å²) in [6.07, 6.45) is 1.76. The maximum Gasteiger partial charge on any atom is 0.228 e. The minimum absolute atomic E-state index is 0.0377. The minimum atomic E-state index is 0.0377. The smallest absolute Gasteiger partial charge is 0.228 e. The van der Waals surface area contributed by atoms with Gasteiger partial charge in [-0.05, 0) is 32.9 Å². The van der Waals surface area contributed by atoms with Crippen LogP contribution in [0.5, 0.6) is 0 Å². The number of likely N-dealkylation sites (tertiary alicyclic amines) is 1. The first-order chi connectivity index (χ1) is 8.69. The molecule has 1 aromatic rings. The number of hydrogen-bond acceptors (Lipinski definition) is 5. The van der Waals surface area contributed by atoms with E-state index < -0.39 is 0 Å². The van der Waals surface area contributed by atoms with Crippen molar-refractivity contribution in [2.24, 2.45) is 11.7 Å². The zero-order chi connectivity index (χ0) is 13.0. The standard InChI is InChI=1S/C12H20N4O2/c1-9-8-11(15-18-9)14-12(17)10-2-5-16(6-3-10)7-4-13/h8,10H,2-7,13H2,1H3,(H,14,15,17). The lowest BCUT2D eigenvalue weighted by atomic mass is 9.96. The zero-order valence-corrected chi connectivity index (χ0v) is 10.7. The van der Waals surface area contributed by atoms with E-state index in [0.717, 1.165) is 32.5 Å². The van der Waals surface area contributed by atoms with Crippen LogP contribution in [0.3, 0.4) is 0 Å². The van der Waals surface area contributed by atoms with Crippen molar-refractivity contribution in [2.45, 2.75) is 19.8 Å². The Kier molecular flexibility index (Phi) is 4.33. The van der Waals surface area contributed by atoms with Crippen molar-refractivity contribution >= 4 is 11.7 Å². The predicted octanol–water partition coefficient (Wildman–Crippen LogP) is 0.592. The molecule has 0 bridgehead atoms. The van der Waals surface area contributed by atoms with E-state index in [0.29, 0.717) is 18.1 Å². The summed E-state index contributed by atoms with van der Waals surface area (Å²) < 4.78 is 4.91. The summed E-state index contributed by atoms with van der Waals surface area (Å²) in [5.74, 6) is 1.30. The molecule has 1 aliphatic heterocycles. The van der Waals surface area contributed by atoms with Crippen LogP contribution in [0.1, 0.15) is 18.6 Å². The number of nitrogens with one attached hydrogen (secondary N) is 1. The summed E-state index contributed by atoms with van der Waals surface area (Å²) in [5.41, 5.74) is 5.52. The highest BCUT2D eigenvalue weighted by Crippen LogP contribution is 2.19. The third kappa shape index (κ3) is 3.30. The molecule has 0 aromatic carbocycles. The molecule has 1 amide bonds. The van der Waals surface area contributed by atoms with Gasteiger partial charge in [-0.25, -0.2) is 0 Å². The van der Waals surface area contributed by atoms with Crippen LogP contribution in [-0.4, -0.2) is 42.1 Å². The van der Waals surface area contributed by atoms with Gasteiger partial charge >= 0.3 is 0 Å². The molecule has 6 heteroatoms. The third-order valence-corrected chi connectivity index (χ3v) is 3.28. The molecule has 0 spiro atoms. The van der Waals surface area contributed by atoms with Gasteiger partial charge in [-0.15, -0.1) is 0 Å². The maximum atomic E-state index is 12.0. The number of aromatic nitrogens is 1. The van der Waals surface area contributed by atoms with Crippen LogP contribution in [0.2, 0.25) is 0 Å². The molecule has 0 radical (unpaired) electrons. The largest absolute Gasteiger partial charge is 0.360 e. The molecular weight excluding hydrogens is 232 g/mol. The first kappa shape index (κ1) is 13.0. The molecular formula is C12H20N4O2. The lowest BCUT2D eigenvalue weighted by Crippen LogP contribution is -2.40. The average molecular weight is 252 g/mol. The monoisotopic (exact) mass is 252 g/mol. The van der Waals surface area contributed by atoms with E-state index in [4.69, 9.17) is 10.3 Å². The molecule has 0 atom stereocenters. The van der Waals surface area contributed by atoms with Crippen LogP contribution in [0, 0.1) is 12.8 Å². The predicted molar refractivity (Wildman–Crippen MR) is 68.1 cm³/mol. The molecule has 2 rings (SSSR count). The lowest BCUT2D eigenvalue weighted by molar-refractivity contribution is -0.121. The summed E-state index contributed by atoms with van der Waals surface area (Å²) >= 11 is 0. The lowest BCUT2D eigenvalue weighted by Gasteiger charge is -2.30. The number of rotatable bonds is 4. The molecule has 1 saturated heterocycles. The van der Waals surface area contributed by atoms with Gasteiger partial charge in [-0.1, -0.05) is 5.16 Å². The Hall–Kier alpha value is -1.40. The quantitative estimate of drug-likeness (QED) is 0.819. The average Bonchev–Trinajstić information content (AvgIpc) is 2.76. The summed E-state index contributed by atoms with van der Waals surface area (Å²) in [4.78, 5) is 14.3.